The van der Waals surface area contributed by atoms with Crippen LogP contribution < -0.4 is 0 Å². The van der Waals surface area contributed by atoms with Crippen molar-refractivity contribution in [1.29, 1.82) is 0 Å². The smallest absolute Gasteiger partial charge is 0.0702 e. The second-order valence-electron chi connectivity index (χ2n) is 6.26. The van der Waals surface area contributed by atoms with Crippen molar-refractivity contribution in [3.05, 3.63) is 96.3 Å². The maximum absolute atomic E-state index is 5.64. The third-order valence-corrected chi connectivity index (χ3v) is 4.27. The summed E-state index contributed by atoms with van der Waals surface area (Å²) in [6, 6.07) is 20.5. The molecule has 2 heterocycles. The lowest BCUT2D eigenvalue weighted by Crippen LogP contribution is -1.90. The van der Waals surface area contributed by atoms with Gasteiger partial charge in [-0.05, 0) is 35.4 Å². The quantitative estimate of drug-likeness (QED) is 0.428. The lowest BCUT2D eigenvalue weighted by molar-refractivity contribution is 0.195. The van der Waals surface area contributed by atoms with Crippen molar-refractivity contribution in [2.45, 2.75) is 0 Å². The molecular formula is C24H20N2O. The van der Waals surface area contributed by atoms with Crippen molar-refractivity contribution in [2.75, 3.05) is 13.2 Å². The van der Waals surface area contributed by atoms with Gasteiger partial charge in [-0.1, -0.05) is 60.7 Å². The molecule has 0 spiro atoms. The Hall–Kier alpha value is -3.30. The van der Waals surface area contributed by atoms with Crippen LogP contribution >= 0.6 is 0 Å². The summed E-state index contributed by atoms with van der Waals surface area (Å²) in [7, 11) is 0. The Morgan fingerprint density at radius 1 is 0.667 bits per heavy atom. The summed E-state index contributed by atoms with van der Waals surface area (Å²) >= 11 is 0. The molecule has 0 aliphatic heterocycles. The lowest BCUT2D eigenvalue weighted by atomic mass is 10.1. The van der Waals surface area contributed by atoms with E-state index in [1.807, 2.05) is 73.1 Å². The van der Waals surface area contributed by atoms with Gasteiger partial charge in [0.05, 0.1) is 24.2 Å². The molecule has 3 heteroatoms. The van der Waals surface area contributed by atoms with Crippen LogP contribution in [0.4, 0.5) is 0 Å². The van der Waals surface area contributed by atoms with E-state index in [-0.39, 0.29) is 0 Å². The second-order valence-corrected chi connectivity index (χ2v) is 6.26. The highest BCUT2D eigenvalue weighted by Crippen LogP contribution is 2.14. The number of pyridine rings is 2. The van der Waals surface area contributed by atoms with Crippen molar-refractivity contribution in [2.24, 2.45) is 0 Å². The fraction of sp³-hybridized carbons (Fsp3) is 0.0833. The molecular weight excluding hydrogens is 332 g/mol. The van der Waals surface area contributed by atoms with Crippen LogP contribution in [0.1, 0.15) is 11.1 Å². The van der Waals surface area contributed by atoms with Crippen molar-refractivity contribution in [1.82, 2.24) is 9.97 Å². The first-order valence-corrected chi connectivity index (χ1v) is 8.99. The first-order chi connectivity index (χ1) is 13.4. The molecule has 0 aliphatic rings. The van der Waals surface area contributed by atoms with E-state index < -0.39 is 0 Å². The molecule has 0 aliphatic carbocycles. The average Bonchev–Trinajstić information content (AvgIpc) is 2.73. The van der Waals surface area contributed by atoms with Gasteiger partial charge in [0.2, 0.25) is 0 Å². The molecule has 0 amide bonds. The van der Waals surface area contributed by atoms with Crippen LogP contribution in [-0.2, 0) is 4.74 Å². The summed E-state index contributed by atoms with van der Waals surface area (Å²) in [4.78, 5) is 8.91. The van der Waals surface area contributed by atoms with Gasteiger partial charge in [-0.2, -0.15) is 0 Å². The van der Waals surface area contributed by atoms with E-state index in [0.29, 0.717) is 13.2 Å². The summed E-state index contributed by atoms with van der Waals surface area (Å²) in [5, 5.41) is 2.29. The maximum Gasteiger partial charge on any atom is 0.0702 e. The second kappa shape index (κ2) is 8.39. The van der Waals surface area contributed by atoms with Crippen LogP contribution in [0.25, 0.3) is 34.0 Å². The number of nitrogens with zero attached hydrogens (tertiary/aromatic N) is 2. The highest BCUT2D eigenvalue weighted by Gasteiger charge is 1.95. The first kappa shape index (κ1) is 17.1. The predicted octanol–water partition coefficient (Wildman–Crippen LogP) is 5.53. The Bertz CT molecular complexity index is 1030. The predicted molar refractivity (Wildman–Crippen MR) is 112 cm³/mol. The van der Waals surface area contributed by atoms with Crippen molar-refractivity contribution in [3.8, 4) is 0 Å². The molecule has 0 bridgehead atoms. The maximum atomic E-state index is 5.64. The van der Waals surface area contributed by atoms with Gasteiger partial charge in [0.15, 0.2) is 0 Å². The van der Waals surface area contributed by atoms with Crippen LogP contribution in [0.5, 0.6) is 0 Å². The standard InChI is InChI=1S/C24H20N2O/c1-3-11-23-21(9-1)15-19(17-25-23)7-5-13-27-14-6-8-20-16-22-10-2-4-12-24(22)26-18-20/h1-12,15-18H,13-14H2/b7-5+,8-6+. The van der Waals surface area contributed by atoms with Crippen molar-refractivity contribution < 1.29 is 4.74 Å². The molecule has 0 unspecified atom stereocenters. The fourth-order valence-electron chi connectivity index (χ4n) is 2.93. The van der Waals surface area contributed by atoms with E-state index in [9.17, 15) is 0 Å². The van der Waals surface area contributed by atoms with Crippen LogP contribution in [0, 0.1) is 0 Å². The van der Waals surface area contributed by atoms with Crippen LogP contribution in [0.2, 0.25) is 0 Å². The third kappa shape index (κ3) is 4.46. The van der Waals surface area contributed by atoms with Crippen LogP contribution in [0.3, 0.4) is 0 Å². The molecule has 0 fully saturated rings. The zero-order valence-electron chi connectivity index (χ0n) is 15.0. The zero-order valence-corrected chi connectivity index (χ0v) is 15.0. The van der Waals surface area contributed by atoms with Gasteiger partial charge < -0.3 is 4.74 Å². The van der Waals surface area contributed by atoms with Crippen molar-refractivity contribution >= 4 is 34.0 Å². The molecule has 0 atom stereocenters. The number of benzene rings is 2. The first-order valence-electron chi connectivity index (χ1n) is 8.99. The highest BCUT2D eigenvalue weighted by atomic mass is 16.5. The van der Waals surface area contributed by atoms with Gasteiger partial charge in [0.25, 0.3) is 0 Å². The number of aromatic nitrogens is 2. The van der Waals surface area contributed by atoms with Gasteiger partial charge in [-0.15, -0.1) is 0 Å². The number of fused-ring (bicyclic) bond motifs is 2. The topological polar surface area (TPSA) is 35.0 Å². The van der Waals surface area contributed by atoms with E-state index in [2.05, 4.69) is 34.2 Å². The number of rotatable bonds is 6. The van der Waals surface area contributed by atoms with Gasteiger partial charge >= 0.3 is 0 Å². The highest BCUT2D eigenvalue weighted by molar-refractivity contribution is 5.81. The Kier molecular flexibility index (Phi) is 5.32. The van der Waals surface area contributed by atoms with Crippen molar-refractivity contribution in [3.63, 3.8) is 0 Å². The Labute approximate surface area is 158 Å². The van der Waals surface area contributed by atoms with Gasteiger partial charge in [0, 0.05) is 23.2 Å². The third-order valence-electron chi connectivity index (χ3n) is 4.27. The molecule has 4 aromatic rings. The Morgan fingerprint density at radius 3 is 1.67 bits per heavy atom. The average molecular weight is 352 g/mol. The molecule has 132 valence electrons. The van der Waals surface area contributed by atoms with E-state index in [1.165, 1.54) is 0 Å². The Balaban J connectivity index is 1.27. The number of ether oxygens (including phenoxy) is 1. The number of para-hydroxylation sites is 2. The van der Waals surface area contributed by atoms with E-state index >= 15 is 0 Å². The summed E-state index contributed by atoms with van der Waals surface area (Å²) in [5.74, 6) is 0. The van der Waals surface area contributed by atoms with Gasteiger partial charge in [-0.3, -0.25) is 9.97 Å². The molecule has 0 saturated carbocycles. The van der Waals surface area contributed by atoms with Crippen LogP contribution in [-0.4, -0.2) is 23.2 Å². The van der Waals surface area contributed by atoms with Gasteiger partial charge in [0.1, 0.15) is 0 Å². The molecule has 3 nitrogen and oxygen atoms in total. The molecule has 0 saturated heterocycles. The SMILES string of the molecule is C(=C\c1cnc2ccccc2c1)/COC/C=C/c1cnc2ccccc2c1. The molecule has 27 heavy (non-hydrogen) atoms. The molecule has 2 aromatic heterocycles. The summed E-state index contributed by atoms with van der Waals surface area (Å²) < 4.78 is 5.64. The molecule has 2 aromatic carbocycles. The Morgan fingerprint density at radius 2 is 1.15 bits per heavy atom. The van der Waals surface area contributed by atoms with E-state index in [1.54, 1.807) is 0 Å². The van der Waals surface area contributed by atoms with E-state index in [0.717, 1.165) is 32.9 Å². The molecule has 0 N–H and O–H groups in total. The number of hydrogen-bond acceptors (Lipinski definition) is 3. The summed E-state index contributed by atoms with van der Waals surface area (Å²) in [6.45, 7) is 1.13. The largest absolute Gasteiger partial charge is 0.373 e. The molecule has 4 rings (SSSR count). The minimum Gasteiger partial charge on any atom is -0.373 e. The van der Waals surface area contributed by atoms with Crippen LogP contribution in [0.15, 0.2) is 85.2 Å². The monoisotopic (exact) mass is 352 g/mol. The summed E-state index contributed by atoms with van der Waals surface area (Å²) in [5.41, 5.74) is 4.18. The minimum atomic E-state index is 0.563. The number of hydrogen-bond donors (Lipinski definition) is 0. The zero-order chi connectivity index (χ0) is 18.3. The lowest BCUT2D eigenvalue weighted by Gasteiger charge is -1.99. The summed E-state index contributed by atoms with van der Waals surface area (Å²) in [6.07, 6.45) is 11.9. The van der Waals surface area contributed by atoms with E-state index in [4.69, 9.17) is 4.74 Å². The fourth-order valence-corrected chi connectivity index (χ4v) is 2.93. The minimum absolute atomic E-state index is 0.563. The van der Waals surface area contributed by atoms with Gasteiger partial charge in [-0.25, -0.2) is 0 Å². The normalized spacial score (nSPS) is 11.9. The molecule has 0 radical (unpaired) electrons.